The molecular weight excluding hydrogens is 354 g/mol. The number of H-pyrrole nitrogens is 1. The summed E-state index contributed by atoms with van der Waals surface area (Å²) in [6.45, 7) is 0. The Balaban J connectivity index is 1.36. The number of nitrogens with one attached hydrogen (secondary N) is 2. The standard InChI is InChI=1S/C21H19N5O2/c27-19(25-20-23-15-5-1-2-6-16(15)24-20)21-14-8-7-12(10-14)17(21)18(26-28-21)13-4-3-9-22-11-13/h1-6,9,11-12,14,17H,7-8,10H2,(H2,23,24,25,27)/t12-,14+,17-,21-/m1/s1. The van der Waals surface area contributed by atoms with Gasteiger partial charge in [-0.25, -0.2) is 4.98 Å². The van der Waals surface area contributed by atoms with Gasteiger partial charge in [-0.2, -0.15) is 0 Å². The second-order valence-corrected chi connectivity index (χ2v) is 7.91. The summed E-state index contributed by atoms with van der Waals surface area (Å²) >= 11 is 0. The Labute approximate surface area is 161 Å². The summed E-state index contributed by atoms with van der Waals surface area (Å²) in [7, 11) is 0. The highest BCUT2D eigenvalue weighted by Gasteiger charge is 2.69. The molecule has 3 heterocycles. The number of nitrogens with zero attached hydrogens (tertiary/aromatic N) is 3. The Hall–Kier alpha value is -3.22. The maximum absolute atomic E-state index is 13.5. The van der Waals surface area contributed by atoms with Crippen LogP contribution in [0.3, 0.4) is 0 Å². The van der Waals surface area contributed by atoms with Gasteiger partial charge < -0.3 is 9.82 Å². The van der Waals surface area contributed by atoms with E-state index < -0.39 is 5.60 Å². The smallest absolute Gasteiger partial charge is 0.274 e. The fourth-order valence-electron chi connectivity index (χ4n) is 5.38. The van der Waals surface area contributed by atoms with Crippen molar-refractivity contribution in [2.45, 2.75) is 24.9 Å². The minimum atomic E-state index is -0.951. The zero-order valence-corrected chi connectivity index (χ0v) is 15.1. The molecule has 6 rings (SSSR count). The van der Waals surface area contributed by atoms with Gasteiger partial charge in [-0.3, -0.25) is 15.1 Å². The lowest BCUT2D eigenvalue weighted by Crippen LogP contribution is -2.53. The molecule has 140 valence electrons. The molecule has 2 fully saturated rings. The van der Waals surface area contributed by atoms with Crippen molar-refractivity contribution in [1.29, 1.82) is 0 Å². The fraction of sp³-hybridized carbons (Fsp3) is 0.333. The molecule has 2 aliphatic carbocycles. The number of hydrogen-bond donors (Lipinski definition) is 2. The molecule has 0 unspecified atom stereocenters. The first-order chi connectivity index (χ1) is 13.8. The van der Waals surface area contributed by atoms with Crippen LogP contribution in [0.5, 0.6) is 0 Å². The van der Waals surface area contributed by atoms with E-state index in [0.29, 0.717) is 11.9 Å². The van der Waals surface area contributed by atoms with Crippen LogP contribution in [0.15, 0.2) is 53.9 Å². The van der Waals surface area contributed by atoms with Crippen LogP contribution in [0.4, 0.5) is 5.95 Å². The number of benzene rings is 1. The van der Waals surface area contributed by atoms with E-state index in [2.05, 4.69) is 25.4 Å². The minimum absolute atomic E-state index is 0.0418. The first-order valence-electron chi connectivity index (χ1n) is 9.68. The van der Waals surface area contributed by atoms with Gasteiger partial charge in [-0.05, 0) is 49.4 Å². The van der Waals surface area contributed by atoms with Crippen LogP contribution in [-0.4, -0.2) is 32.2 Å². The molecule has 0 spiro atoms. The normalized spacial score (nSPS) is 30.1. The topological polar surface area (TPSA) is 92.3 Å². The highest BCUT2D eigenvalue weighted by Crippen LogP contribution is 2.60. The summed E-state index contributed by atoms with van der Waals surface area (Å²) in [5.41, 5.74) is 2.53. The third-order valence-corrected chi connectivity index (χ3v) is 6.54. The number of imidazole rings is 1. The Bertz CT molecular complexity index is 1080. The van der Waals surface area contributed by atoms with E-state index in [1.165, 1.54) is 0 Å². The number of aromatic amines is 1. The summed E-state index contributed by atoms with van der Waals surface area (Å²) < 4.78 is 0. The molecule has 2 N–H and O–H groups in total. The van der Waals surface area contributed by atoms with Crippen LogP contribution in [0.2, 0.25) is 0 Å². The zero-order chi connectivity index (χ0) is 18.7. The lowest BCUT2D eigenvalue weighted by Gasteiger charge is -2.35. The number of amides is 1. The summed E-state index contributed by atoms with van der Waals surface area (Å²) in [6.07, 6.45) is 6.63. The largest absolute Gasteiger partial charge is 0.378 e. The number of carbonyl (C=O) groups excluding carboxylic acids is 1. The van der Waals surface area contributed by atoms with Crippen LogP contribution < -0.4 is 5.32 Å². The molecule has 1 aromatic carbocycles. The van der Waals surface area contributed by atoms with E-state index in [-0.39, 0.29) is 17.7 Å². The second-order valence-electron chi connectivity index (χ2n) is 7.91. The van der Waals surface area contributed by atoms with Gasteiger partial charge in [-0.15, -0.1) is 0 Å². The number of pyridine rings is 1. The van der Waals surface area contributed by atoms with Crippen LogP contribution in [0, 0.1) is 17.8 Å². The van der Waals surface area contributed by atoms with Crippen LogP contribution >= 0.6 is 0 Å². The SMILES string of the molecule is O=C(Nc1nc2ccccc2[nH]1)[C@]12ON=C(c3cccnc3)[C@H]1[C@@H]1CC[C@H]2C1. The summed E-state index contributed by atoms with van der Waals surface area (Å²) in [5, 5.41) is 7.37. The van der Waals surface area contributed by atoms with E-state index in [1.54, 1.807) is 12.4 Å². The van der Waals surface area contributed by atoms with E-state index in [1.807, 2.05) is 36.4 Å². The molecule has 2 saturated carbocycles. The average Bonchev–Trinajstić information content (AvgIpc) is 3.48. The van der Waals surface area contributed by atoms with Crippen molar-refractivity contribution in [2.24, 2.45) is 22.9 Å². The molecular formula is C21H19N5O2. The van der Waals surface area contributed by atoms with Gasteiger partial charge in [0.1, 0.15) is 0 Å². The molecule has 7 heteroatoms. The zero-order valence-electron chi connectivity index (χ0n) is 15.1. The molecule has 0 saturated heterocycles. The Morgan fingerprint density at radius 3 is 3.00 bits per heavy atom. The number of para-hydroxylation sites is 2. The molecule has 4 atom stereocenters. The van der Waals surface area contributed by atoms with Crippen LogP contribution in [-0.2, 0) is 9.63 Å². The van der Waals surface area contributed by atoms with Crippen molar-refractivity contribution in [3.8, 4) is 0 Å². The number of fused-ring (bicyclic) bond motifs is 6. The van der Waals surface area contributed by atoms with Gasteiger partial charge in [0.15, 0.2) is 0 Å². The Morgan fingerprint density at radius 2 is 2.14 bits per heavy atom. The number of oxime groups is 1. The van der Waals surface area contributed by atoms with Gasteiger partial charge in [0.2, 0.25) is 11.5 Å². The molecule has 1 amide bonds. The van der Waals surface area contributed by atoms with Gasteiger partial charge in [-0.1, -0.05) is 17.3 Å². The maximum atomic E-state index is 13.5. The first kappa shape index (κ1) is 15.8. The third-order valence-electron chi connectivity index (χ3n) is 6.54. The third kappa shape index (κ3) is 2.04. The van der Waals surface area contributed by atoms with Crippen molar-refractivity contribution in [3.05, 3.63) is 54.4 Å². The molecule has 3 aliphatic rings. The van der Waals surface area contributed by atoms with Gasteiger partial charge in [0.25, 0.3) is 5.91 Å². The van der Waals surface area contributed by atoms with E-state index in [0.717, 1.165) is 41.6 Å². The second kappa shape index (κ2) is 5.64. The molecule has 0 radical (unpaired) electrons. The van der Waals surface area contributed by atoms with Gasteiger partial charge in [0.05, 0.1) is 22.7 Å². The monoisotopic (exact) mass is 373 g/mol. The lowest BCUT2D eigenvalue weighted by atomic mass is 9.72. The van der Waals surface area contributed by atoms with Gasteiger partial charge >= 0.3 is 0 Å². The molecule has 2 bridgehead atoms. The summed E-state index contributed by atoms with van der Waals surface area (Å²) in [6, 6.07) is 11.6. The van der Waals surface area contributed by atoms with Crippen LogP contribution in [0.25, 0.3) is 11.0 Å². The molecule has 28 heavy (non-hydrogen) atoms. The minimum Gasteiger partial charge on any atom is -0.378 e. The fourth-order valence-corrected chi connectivity index (χ4v) is 5.38. The van der Waals surface area contributed by atoms with Crippen molar-refractivity contribution in [3.63, 3.8) is 0 Å². The average molecular weight is 373 g/mol. The van der Waals surface area contributed by atoms with Crippen molar-refractivity contribution < 1.29 is 9.63 Å². The highest BCUT2D eigenvalue weighted by atomic mass is 16.7. The number of anilines is 1. The van der Waals surface area contributed by atoms with E-state index in [9.17, 15) is 4.79 Å². The van der Waals surface area contributed by atoms with E-state index in [4.69, 9.17) is 4.84 Å². The number of aromatic nitrogens is 3. The van der Waals surface area contributed by atoms with E-state index >= 15 is 0 Å². The van der Waals surface area contributed by atoms with Crippen molar-refractivity contribution >= 4 is 28.6 Å². The van der Waals surface area contributed by atoms with Crippen molar-refractivity contribution in [2.75, 3.05) is 5.32 Å². The number of carbonyl (C=O) groups is 1. The number of rotatable bonds is 3. The molecule has 3 aromatic rings. The predicted molar refractivity (Wildman–Crippen MR) is 104 cm³/mol. The molecule has 7 nitrogen and oxygen atoms in total. The summed E-state index contributed by atoms with van der Waals surface area (Å²) in [4.78, 5) is 31.3. The number of hydrogen-bond acceptors (Lipinski definition) is 5. The molecule has 2 aromatic heterocycles. The Morgan fingerprint density at radius 1 is 1.21 bits per heavy atom. The summed E-state index contributed by atoms with van der Waals surface area (Å²) in [5.74, 6) is 0.824. The highest BCUT2D eigenvalue weighted by molar-refractivity contribution is 6.10. The molecule has 1 aliphatic heterocycles. The van der Waals surface area contributed by atoms with Gasteiger partial charge in [0, 0.05) is 23.9 Å². The predicted octanol–water partition coefficient (Wildman–Crippen LogP) is 3.12. The quantitative estimate of drug-likeness (QED) is 0.738. The van der Waals surface area contributed by atoms with Crippen LogP contribution in [0.1, 0.15) is 24.8 Å². The lowest BCUT2D eigenvalue weighted by molar-refractivity contribution is -0.149. The maximum Gasteiger partial charge on any atom is 0.274 e. The first-order valence-corrected chi connectivity index (χ1v) is 9.68. The van der Waals surface area contributed by atoms with Crippen molar-refractivity contribution in [1.82, 2.24) is 15.0 Å². The Kier molecular flexibility index (Phi) is 3.18.